The van der Waals surface area contributed by atoms with Gasteiger partial charge in [0.15, 0.2) is 0 Å². The van der Waals surface area contributed by atoms with E-state index >= 15 is 0 Å². The van der Waals surface area contributed by atoms with Crippen molar-refractivity contribution in [2.24, 2.45) is 0 Å². The van der Waals surface area contributed by atoms with E-state index in [0.29, 0.717) is 11.4 Å². The molecule has 0 atom stereocenters. The molecule has 0 radical (unpaired) electrons. The molecule has 18 heavy (non-hydrogen) atoms. The van der Waals surface area contributed by atoms with Crippen LogP contribution in [0.1, 0.15) is 12.7 Å². The summed E-state index contributed by atoms with van der Waals surface area (Å²) >= 11 is 0. The molecule has 3 rings (SSSR count). The zero-order valence-electron chi connectivity index (χ0n) is 10.6. The number of aromatic nitrogens is 1. The van der Waals surface area contributed by atoms with Crippen LogP contribution in [0.25, 0.3) is 11.1 Å². The first kappa shape index (κ1) is 11.3. The minimum atomic E-state index is 0.683. The Balaban J connectivity index is 2.14. The van der Waals surface area contributed by atoms with E-state index in [-0.39, 0.29) is 0 Å². The summed E-state index contributed by atoms with van der Waals surface area (Å²) in [7, 11) is 0. The van der Waals surface area contributed by atoms with Crippen LogP contribution in [0.15, 0.2) is 16.7 Å². The summed E-state index contributed by atoms with van der Waals surface area (Å²) in [6, 6.07) is 1.96. The maximum Gasteiger partial charge on any atom is 0.228 e. The molecule has 1 saturated heterocycles. The smallest absolute Gasteiger partial charge is 0.228 e. The maximum atomic E-state index is 5.84. The second kappa shape index (κ2) is 4.49. The van der Waals surface area contributed by atoms with Crippen molar-refractivity contribution in [3.05, 3.63) is 18.0 Å². The second-order valence-corrected chi connectivity index (χ2v) is 4.59. The number of rotatable bonds is 2. The van der Waals surface area contributed by atoms with Crippen LogP contribution in [-0.4, -0.2) is 31.2 Å². The Morgan fingerprint density at radius 3 is 2.94 bits per heavy atom. The Bertz CT molecular complexity index is 557. The molecule has 5 nitrogen and oxygen atoms in total. The Morgan fingerprint density at radius 2 is 2.22 bits per heavy atom. The molecule has 3 N–H and O–H groups in total. The molecular weight excluding hydrogens is 228 g/mol. The van der Waals surface area contributed by atoms with Crippen LogP contribution < -0.4 is 16.0 Å². The minimum Gasteiger partial charge on any atom is -0.441 e. The molecule has 0 unspecified atom stereocenters. The number of nitrogens with one attached hydrogen (secondary N) is 1. The first-order valence-electron chi connectivity index (χ1n) is 6.42. The van der Waals surface area contributed by atoms with Gasteiger partial charge in [0.1, 0.15) is 5.76 Å². The van der Waals surface area contributed by atoms with Gasteiger partial charge >= 0.3 is 0 Å². The largest absolute Gasteiger partial charge is 0.441 e. The zero-order chi connectivity index (χ0) is 12.5. The summed E-state index contributed by atoms with van der Waals surface area (Å²) in [5, 5.41) is 4.40. The van der Waals surface area contributed by atoms with Gasteiger partial charge in [0.25, 0.3) is 0 Å². The number of hydrogen-bond donors (Lipinski definition) is 2. The van der Waals surface area contributed by atoms with Crippen LogP contribution in [0.5, 0.6) is 0 Å². The highest BCUT2D eigenvalue weighted by Gasteiger charge is 2.21. The lowest BCUT2D eigenvalue weighted by atomic mass is 10.2. The van der Waals surface area contributed by atoms with Gasteiger partial charge in [-0.15, -0.1) is 0 Å². The van der Waals surface area contributed by atoms with Gasteiger partial charge in [-0.25, -0.2) is 4.98 Å². The lowest BCUT2D eigenvalue weighted by Crippen LogP contribution is -2.43. The lowest BCUT2D eigenvalue weighted by Gasteiger charge is -2.29. The van der Waals surface area contributed by atoms with Crippen LogP contribution >= 0.6 is 0 Å². The number of piperazine rings is 1. The monoisotopic (exact) mass is 246 g/mol. The number of furan rings is 1. The van der Waals surface area contributed by atoms with Crippen LogP contribution in [-0.2, 0) is 6.42 Å². The molecule has 1 aliphatic rings. The number of anilines is 2. The molecule has 0 saturated carbocycles. The van der Waals surface area contributed by atoms with Gasteiger partial charge in [-0.3, -0.25) is 0 Å². The third kappa shape index (κ3) is 1.80. The average Bonchev–Trinajstić information content (AvgIpc) is 2.77. The highest BCUT2D eigenvalue weighted by atomic mass is 16.3. The van der Waals surface area contributed by atoms with Gasteiger partial charge in [0.2, 0.25) is 5.71 Å². The van der Waals surface area contributed by atoms with E-state index in [9.17, 15) is 0 Å². The van der Waals surface area contributed by atoms with E-state index in [1.165, 1.54) is 5.69 Å². The molecule has 3 heterocycles. The fourth-order valence-electron chi connectivity index (χ4n) is 2.51. The standard InChI is InChI=1S/C13H18N4O/c1-2-11-12(17-5-3-15-4-6-17)10-7-9(14)8-16-13(10)18-11/h7-8,15H,2-6,14H2,1H3. The van der Waals surface area contributed by atoms with E-state index in [4.69, 9.17) is 10.2 Å². The Hall–Kier alpha value is -1.75. The van der Waals surface area contributed by atoms with Crippen LogP contribution in [0.3, 0.4) is 0 Å². The third-order valence-electron chi connectivity index (χ3n) is 3.37. The summed E-state index contributed by atoms with van der Waals surface area (Å²) in [4.78, 5) is 6.63. The normalized spacial score (nSPS) is 16.4. The second-order valence-electron chi connectivity index (χ2n) is 4.59. The van der Waals surface area contributed by atoms with Crippen molar-refractivity contribution in [2.75, 3.05) is 36.8 Å². The van der Waals surface area contributed by atoms with Crippen molar-refractivity contribution >= 4 is 22.5 Å². The number of hydrogen-bond acceptors (Lipinski definition) is 5. The zero-order valence-corrected chi connectivity index (χ0v) is 10.6. The van der Waals surface area contributed by atoms with Crippen molar-refractivity contribution in [2.45, 2.75) is 13.3 Å². The lowest BCUT2D eigenvalue weighted by molar-refractivity contribution is 0.536. The van der Waals surface area contributed by atoms with Gasteiger partial charge in [-0.1, -0.05) is 6.92 Å². The van der Waals surface area contributed by atoms with Crippen molar-refractivity contribution in [1.82, 2.24) is 10.3 Å². The molecular formula is C13H18N4O. The number of nitrogens with zero attached hydrogens (tertiary/aromatic N) is 2. The van der Waals surface area contributed by atoms with E-state index in [1.54, 1.807) is 6.20 Å². The molecule has 0 aromatic carbocycles. The van der Waals surface area contributed by atoms with Gasteiger partial charge in [0.05, 0.1) is 23.0 Å². The topological polar surface area (TPSA) is 67.3 Å². The molecule has 5 heteroatoms. The van der Waals surface area contributed by atoms with Gasteiger partial charge in [-0.05, 0) is 6.07 Å². The maximum absolute atomic E-state index is 5.84. The molecule has 1 fully saturated rings. The number of pyridine rings is 1. The fourth-order valence-corrected chi connectivity index (χ4v) is 2.51. The van der Waals surface area contributed by atoms with Crippen molar-refractivity contribution < 1.29 is 4.42 Å². The molecule has 96 valence electrons. The predicted octanol–water partition coefficient (Wildman–Crippen LogP) is 1.38. The highest BCUT2D eigenvalue weighted by Crippen LogP contribution is 2.34. The summed E-state index contributed by atoms with van der Waals surface area (Å²) < 4.78 is 5.83. The summed E-state index contributed by atoms with van der Waals surface area (Å²) in [6.07, 6.45) is 2.52. The van der Waals surface area contributed by atoms with Crippen LogP contribution in [0, 0.1) is 0 Å². The van der Waals surface area contributed by atoms with Crippen molar-refractivity contribution in [3.8, 4) is 0 Å². The van der Waals surface area contributed by atoms with Crippen LogP contribution in [0.4, 0.5) is 11.4 Å². The van der Waals surface area contributed by atoms with E-state index < -0.39 is 0 Å². The summed E-state index contributed by atoms with van der Waals surface area (Å²) in [6.45, 7) is 6.11. The Labute approximate surface area is 106 Å². The third-order valence-corrected chi connectivity index (χ3v) is 3.37. The molecule has 0 aliphatic carbocycles. The van der Waals surface area contributed by atoms with Gasteiger partial charge < -0.3 is 20.4 Å². The Kier molecular flexibility index (Phi) is 2.83. The molecule has 2 aromatic rings. The fraction of sp³-hybridized carbons (Fsp3) is 0.462. The SMILES string of the molecule is CCc1oc2ncc(N)cc2c1N1CCNCC1. The minimum absolute atomic E-state index is 0.683. The number of aryl methyl sites for hydroxylation is 1. The summed E-state index contributed by atoms with van der Waals surface area (Å²) in [5.41, 5.74) is 8.38. The van der Waals surface area contributed by atoms with Gasteiger partial charge in [0, 0.05) is 32.6 Å². The predicted molar refractivity (Wildman–Crippen MR) is 72.9 cm³/mol. The van der Waals surface area contributed by atoms with E-state index in [2.05, 4.69) is 22.1 Å². The molecule has 0 bridgehead atoms. The van der Waals surface area contributed by atoms with E-state index in [0.717, 1.165) is 43.7 Å². The molecule has 0 amide bonds. The molecule has 2 aromatic heterocycles. The quantitative estimate of drug-likeness (QED) is 0.838. The average molecular weight is 246 g/mol. The molecule has 1 aliphatic heterocycles. The highest BCUT2D eigenvalue weighted by molar-refractivity contribution is 5.92. The Morgan fingerprint density at radius 1 is 1.44 bits per heavy atom. The number of fused-ring (bicyclic) bond motifs is 1. The first-order chi connectivity index (χ1) is 8.79. The molecule has 0 spiro atoms. The van der Waals surface area contributed by atoms with Crippen molar-refractivity contribution in [1.29, 1.82) is 0 Å². The van der Waals surface area contributed by atoms with Gasteiger partial charge in [-0.2, -0.15) is 0 Å². The van der Waals surface area contributed by atoms with E-state index in [1.807, 2.05) is 6.07 Å². The summed E-state index contributed by atoms with van der Waals surface area (Å²) in [5.74, 6) is 1.00. The van der Waals surface area contributed by atoms with Crippen molar-refractivity contribution in [3.63, 3.8) is 0 Å². The number of nitrogen functional groups attached to an aromatic ring is 1. The first-order valence-corrected chi connectivity index (χ1v) is 6.42. The van der Waals surface area contributed by atoms with Crippen LogP contribution in [0.2, 0.25) is 0 Å². The number of nitrogens with two attached hydrogens (primary N) is 1.